The van der Waals surface area contributed by atoms with Crippen LogP contribution in [-0.2, 0) is 11.3 Å². The Balaban J connectivity index is 1.38. The SMILES string of the molecule is N=Cc1nc(NCc2ccc(Cl)c(Cl)c2)[nH]c(=O)c1NCCN1C[C@@H]2C[C@H]1CO2. The van der Waals surface area contributed by atoms with Crippen molar-refractivity contribution >= 4 is 41.1 Å². The average molecular weight is 437 g/mol. The van der Waals surface area contributed by atoms with Gasteiger partial charge in [-0.2, -0.15) is 0 Å². The van der Waals surface area contributed by atoms with Crippen LogP contribution >= 0.6 is 23.2 Å². The number of hydrogen-bond acceptors (Lipinski definition) is 7. The van der Waals surface area contributed by atoms with Gasteiger partial charge in [0.1, 0.15) is 11.4 Å². The Bertz CT molecular complexity index is 966. The maximum Gasteiger partial charge on any atom is 0.276 e. The number of morpholine rings is 1. The van der Waals surface area contributed by atoms with Crippen LogP contribution < -0.4 is 16.2 Å². The first-order valence-corrected chi connectivity index (χ1v) is 10.2. The van der Waals surface area contributed by atoms with Crippen LogP contribution in [0, 0.1) is 5.41 Å². The van der Waals surface area contributed by atoms with E-state index < -0.39 is 0 Å². The number of benzene rings is 1. The minimum Gasteiger partial charge on any atom is -0.377 e. The van der Waals surface area contributed by atoms with Gasteiger partial charge in [0.25, 0.3) is 5.56 Å². The number of nitrogens with one attached hydrogen (secondary N) is 4. The van der Waals surface area contributed by atoms with Gasteiger partial charge >= 0.3 is 0 Å². The van der Waals surface area contributed by atoms with Gasteiger partial charge in [0.05, 0.1) is 22.8 Å². The van der Waals surface area contributed by atoms with Gasteiger partial charge < -0.3 is 20.8 Å². The summed E-state index contributed by atoms with van der Waals surface area (Å²) in [4.78, 5) is 21.9. The lowest BCUT2D eigenvalue weighted by atomic mass is 10.2. The van der Waals surface area contributed by atoms with E-state index in [2.05, 4.69) is 25.5 Å². The topological polar surface area (TPSA) is 106 Å². The number of fused-ring (bicyclic) bond motifs is 2. The Morgan fingerprint density at radius 2 is 2.21 bits per heavy atom. The maximum atomic E-state index is 12.5. The molecule has 154 valence electrons. The van der Waals surface area contributed by atoms with Crippen LogP contribution in [0.5, 0.6) is 0 Å². The van der Waals surface area contributed by atoms with E-state index in [0.717, 1.165) is 37.9 Å². The zero-order valence-electron chi connectivity index (χ0n) is 15.7. The summed E-state index contributed by atoms with van der Waals surface area (Å²) in [6.07, 6.45) is 2.52. The molecule has 2 fully saturated rings. The van der Waals surface area contributed by atoms with Crippen molar-refractivity contribution in [1.29, 1.82) is 5.41 Å². The van der Waals surface area contributed by atoms with Crippen LogP contribution in [0.1, 0.15) is 17.7 Å². The van der Waals surface area contributed by atoms with Gasteiger partial charge in [-0.05, 0) is 24.1 Å². The van der Waals surface area contributed by atoms with Crippen molar-refractivity contribution in [3.05, 3.63) is 49.9 Å². The number of H-pyrrole nitrogens is 1. The molecule has 2 atom stereocenters. The molecule has 4 N–H and O–H groups in total. The van der Waals surface area contributed by atoms with Crippen molar-refractivity contribution in [2.45, 2.75) is 25.1 Å². The molecule has 2 aliphatic heterocycles. The predicted molar refractivity (Wildman–Crippen MR) is 115 cm³/mol. The van der Waals surface area contributed by atoms with E-state index in [0.29, 0.717) is 46.9 Å². The highest BCUT2D eigenvalue weighted by Crippen LogP contribution is 2.27. The number of rotatable bonds is 8. The molecule has 3 heterocycles. The van der Waals surface area contributed by atoms with Gasteiger partial charge in [-0.1, -0.05) is 29.3 Å². The Morgan fingerprint density at radius 3 is 2.90 bits per heavy atom. The number of hydrogen-bond donors (Lipinski definition) is 4. The fourth-order valence-corrected chi connectivity index (χ4v) is 4.08. The van der Waals surface area contributed by atoms with Crippen LogP contribution in [0.25, 0.3) is 0 Å². The second-order valence-corrected chi connectivity index (χ2v) is 8.00. The summed E-state index contributed by atoms with van der Waals surface area (Å²) >= 11 is 11.9. The monoisotopic (exact) mass is 436 g/mol. The van der Waals surface area contributed by atoms with Gasteiger partial charge in [-0.3, -0.25) is 14.7 Å². The Morgan fingerprint density at radius 1 is 1.34 bits per heavy atom. The van der Waals surface area contributed by atoms with Crippen LogP contribution in [0.15, 0.2) is 23.0 Å². The summed E-state index contributed by atoms with van der Waals surface area (Å²) in [6.45, 7) is 3.56. The third-order valence-electron chi connectivity index (χ3n) is 5.24. The fraction of sp³-hybridized carbons (Fsp3) is 0.421. The highest BCUT2D eigenvalue weighted by molar-refractivity contribution is 6.42. The second-order valence-electron chi connectivity index (χ2n) is 7.19. The first-order valence-electron chi connectivity index (χ1n) is 9.45. The van der Waals surface area contributed by atoms with E-state index in [-0.39, 0.29) is 11.3 Å². The van der Waals surface area contributed by atoms with Crippen LogP contribution in [0.2, 0.25) is 10.0 Å². The van der Waals surface area contributed by atoms with Crippen LogP contribution in [0.4, 0.5) is 11.6 Å². The van der Waals surface area contributed by atoms with Gasteiger partial charge in [-0.15, -0.1) is 0 Å². The molecule has 2 aromatic rings. The van der Waals surface area contributed by atoms with Crippen molar-refractivity contribution in [3.8, 4) is 0 Å². The van der Waals surface area contributed by atoms with Crippen molar-refractivity contribution in [3.63, 3.8) is 0 Å². The molecule has 29 heavy (non-hydrogen) atoms. The zero-order chi connectivity index (χ0) is 20.4. The molecule has 0 spiro atoms. The second kappa shape index (κ2) is 8.71. The molecule has 0 saturated carbocycles. The van der Waals surface area contributed by atoms with Crippen LogP contribution in [0.3, 0.4) is 0 Å². The lowest BCUT2D eigenvalue weighted by molar-refractivity contribution is 0.0324. The summed E-state index contributed by atoms with van der Waals surface area (Å²) in [7, 11) is 0. The van der Waals surface area contributed by atoms with Crippen molar-refractivity contribution in [1.82, 2.24) is 14.9 Å². The summed E-state index contributed by atoms with van der Waals surface area (Å²) in [5.74, 6) is 0.291. The summed E-state index contributed by atoms with van der Waals surface area (Å²) in [6, 6.07) is 5.78. The molecule has 2 aliphatic rings. The number of ether oxygens (including phenoxy) is 1. The Hall–Kier alpha value is -2.13. The number of halogens is 2. The molecule has 2 saturated heterocycles. The molecule has 0 radical (unpaired) electrons. The molecule has 0 aliphatic carbocycles. The normalized spacial score (nSPS) is 20.8. The largest absolute Gasteiger partial charge is 0.377 e. The first kappa shape index (κ1) is 20.2. The summed E-state index contributed by atoms with van der Waals surface area (Å²) in [5, 5.41) is 14.8. The molecule has 0 unspecified atom stereocenters. The minimum atomic E-state index is -0.318. The van der Waals surface area contributed by atoms with E-state index in [1.165, 1.54) is 0 Å². The summed E-state index contributed by atoms with van der Waals surface area (Å²) in [5.41, 5.74) is 1.17. The van der Waals surface area contributed by atoms with Crippen molar-refractivity contribution < 1.29 is 4.74 Å². The van der Waals surface area contributed by atoms with Gasteiger partial charge in [-0.25, -0.2) is 4.98 Å². The number of likely N-dealkylation sites (tertiary alicyclic amines) is 1. The number of anilines is 2. The fourth-order valence-electron chi connectivity index (χ4n) is 3.76. The number of aromatic amines is 1. The van der Waals surface area contributed by atoms with Gasteiger partial charge in [0.2, 0.25) is 5.95 Å². The molecule has 0 amide bonds. The third kappa shape index (κ3) is 4.56. The maximum absolute atomic E-state index is 12.5. The number of nitrogens with zero attached hydrogens (tertiary/aromatic N) is 2. The molecule has 1 aromatic carbocycles. The molecule has 8 nitrogen and oxygen atoms in total. The molecule has 4 rings (SSSR count). The molecule has 2 bridgehead atoms. The zero-order valence-corrected chi connectivity index (χ0v) is 17.2. The van der Waals surface area contributed by atoms with E-state index in [4.69, 9.17) is 33.3 Å². The van der Waals surface area contributed by atoms with E-state index in [1.807, 2.05) is 6.07 Å². The first-order chi connectivity index (χ1) is 14.0. The minimum absolute atomic E-state index is 0.289. The van der Waals surface area contributed by atoms with Crippen molar-refractivity contribution in [2.24, 2.45) is 0 Å². The van der Waals surface area contributed by atoms with Gasteiger partial charge in [0.15, 0.2) is 0 Å². The Kier molecular flexibility index (Phi) is 6.05. The molecule has 1 aromatic heterocycles. The highest BCUT2D eigenvalue weighted by Gasteiger charge is 2.38. The quantitative estimate of drug-likeness (QED) is 0.473. The van der Waals surface area contributed by atoms with Crippen LogP contribution in [-0.4, -0.2) is 59.5 Å². The highest BCUT2D eigenvalue weighted by atomic mass is 35.5. The molecular formula is C19H22Cl2N6O2. The lowest BCUT2D eigenvalue weighted by Gasteiger charge is -2.26. The van der Waals surface area contributed by atoms with E-state index in [9.17, 15) is 4.79 Å². The Labute approximate surface area is 178 Å². The molecular weight excluding hydrogens is 415 g/mol. The lowest BCUT2D eigenvalue weighted by Crippen LogP contribution is -2.40. The molecule has 10 heteroatoms. The predicted octanol–water partition coefficient (Wildman–Crippen LogP) is 2.57. The standard InChI is InChI=1S/C19H22Cl2N6O2/c20-14-2-1-11(5-15(14)21)8-24-19-25-16(7-22)17(18(28)26-19)23-3-4-27-9-13-6-12(27)10-29-13/h1-2,5,7,12-13,22-23H,3-4,6,8-10H2,(H2,24,25,26,28)/t12-,13-/m0/s1. The van der Waals surface area contributed by atoms with E-state index >= 15 is 0 Å². The third-order valence-corrected chi connectivity index (χ3v) is 5.98. The van der Waals surface area contributed by atoms with Crippen molar-refractivity contribution in [2.75, 3.05) is 36.9 Å². The van der Waals surface area contributed by atoms with Gasteiger partial charge in [0, 0.05) is 38.4 Å². The average Bonchev–Trinajstić information content (AvgIpc) is 3.33. The smallest absolute Gasteiger partial charge is 0.276 e. The summed E-state index contributed by atoms with van der Waals surface area (Å²) < 4.78 is 5.61. The number of aromatic nitrogens is 2. The van der Waals surface area contributed by atoms with E-state index in [1.54, 1.807) is 12.1 Å².